The summed E-state index contributed by atoms with van der Waals surface area (Å²) in [6.45, 7) is 2.56. The van der Waals surface area contributed by atoms with Crippen molar-refractivity contribution < 1.29 is 9.59 Å². The molecule has 2 amide bonds. The van der Waals surface area contributed by atoms with Crippen LogP contribution in [0.4, 0.5) is 11.4 Å². The Hall–Kier alpha value is -2.89. The van der Waals surface area contributed by atoms with Gasteiger partial charge in [-0.05, 0) is 66.6 Å². The number of nitrogens with zero attached hydrogens (tertiary/aromatic N) is 2. The average Bonchev–Trinajstić information content (AvgIpc) is 3.35. The molecule has 1 aromatic heterocycles. The van der Waals surface area contributed by atoms with Crippen LogP contribution in [0.15, 0.2) is 65.7 Å². The number of carbonyl (C=O) groups is 2. The van der Waals surface area contributed by atoms with E-state index in [1.807, 2.05) is 47.5 Å². The van der Waals surface area contributed by atoms with Gasteiger partial charge in [0.05, 0.1) is 11.3 Å². The fourth-order valence-corrected chi connectivity index (χ4v) is 5.26. The topological polar surface area (TPSA) is 40.6 Å². The number of imide groups is 1. The molecule has 4 nitrogen and oxygen atoms in total. The molecular formula is C24H19ClN2O2S. The number of rotatable bonds is 3. The lowest BCUT2D eigenvalue weighted by Gasteiger charge is -2.32. The SMILES string of the molecule is Cc1cc(Cl)ccc1N1C(=O)C(c2cccs2)=C(N2CCCc3ccccc32)C1=O. The monoisotopic (exact) mass is 434 g/mol. The fraction of sp³-hybridized carbons (Fsp3) is 0.167. The molecule has 3 aromatic rings. The third-order valence-electron chi connectivity index (χ3n) is 5.61. The molecular weight excluding hydrogens is 416 g/mol. The summed E-state index contributed by atoms with van der Waals surface area (Å²) < 4.78 is 0. The van der Waals surface area contributed by atoms with Crippen LogP contribution in [0, 0.1) is 6.92 Å². The highest BCUT2D eigenvalue weighted by Crippen LogP contribution is 2.41. The molecule has 0 N–H and O–H groups in total. The maximum Gasteiger partial charge on any atom is 0.282 e. The van der Waals surface area contributed by atoms with Crippen molar-refractivity contribution in [1.82, 2.24) is 0 Å². The van der Waals surface area contributed by atoms with Crippen LogP contribution in [0.2, 0.25) is 5.02 Å². The second-order valence-electron chi connectivity index (χ2n) is 7.46. The number of para-hydroxylation sites is 1. The normalized spacial score (nSPS) is 16.5. The van der Waals surface area contributed by atoms with E-state index in [1.165, 1.54) is 21.8 Å². The Morgan fingerprint density at radius 2 is 1.80 bits per heavy atom. The molecule has 6 heteroatoms. The van der Waals surface area contributed by atoms with Crippen molar-refractivity contribution >= 4 is 51.7 Å². The number of benzene rings is 2. The number of aryl methyl sites for hydroxylation is 2. The number of halogens is 1. The predicted octanol–water partition coefficient (Wildman–Crippen LogP) is 5.45. The molecule has 0 saturated heterocycles. The summed E-state index contributed by atoms with van der Waals surface area (Å²) in [5, 5.41) is 2.50. The van der Waals surface area contributed by atoms with E-state index in [9.17, 15) is 9.59 Å². The molecule has 3 heterocycles. The van der Waals surface area contributed by atoms with Crippen molar-refractivity contribution in [2.45, 2.75) is 19.8 Å². The lowest BCUT2D eigenvalue weighted by atomic mass is 10.00. The van der Waals surface area contributed by atoms with Crippen molar-refractivity contribution in [3.8, 4) is 0 Å². The van der Waals surface area contributed by atoms with Gasteiger partial charge in [0.25, 0.3) is 11.8 Å². The van der Waals surface area contributed by atoms with Crippen molar-refractivity contribution in [1.29, 1.82) is 0 Å². The van der Waals surface area contributed by atoms with E-state index >= 15 is 0 Å². The summed E-state index contributed by atoms with van der Waals surface area (Å²) in [5.41, 5.74) is 4.50. The van der Waals surface area contributed by atoms with Crippen LogP contribution in [0.3, 0.4) is 0 Å². The smallest absolute Gasteiger partial charge is 0.282 e. The van der Waals surface area contributed by atoms with Crippen LogP contribution in [0.25, 0.3) is 5.57 Å². The third kappa shape index (κ3) is 2.97. The Bertz CT molecular complexity index is 1200. The highest BCUT2D eigenvalue weighted by molar-refractivity contribution is 7.11. The molecule has 150 valence electrons. The van der Waals surface area contributed by atoms with Gasteiger partial charge in [-0.15, -0.1) is 11.3 Å². The lowest BCUT2D eigenvalue weighted by Crippen LogP contribution is -2.37. The number of hydrogen-bond donors (Lipinski definition) is 0. The number of hydrogen-bond acceptors (Lipinski definition) is 4. The number of anilines is 2. The number of thiophene rings is 1. The first kappa shape index (κ1) is 19.1. The van der Waals surface area contributed by atoms with E-state index in [4.69, 9.17) is 11.6 Å². The van der Waals surface area contributed by atoms with Crippen LogP contribution >= 0.6 is 22.9 Å². The van der Waals surface area contributed by atoms with Crippen LogP contribution in [0.5, 0.6) is 0 Å². The first-order valence-corrected chi connectivity index (χ1v) is 11.1. The average molecular weight is 435 g/mol. The summed E-state index contributed by atoms with van der Waals surface area (Å²) in [4.78, 5) is 31.5. The van der Waals surface area contributed by atoms with Gasteiger partial charge in [0.2, 0.25) is 0 Å². The quantitative estimate of drug-likeness (QED) is 0.515. The van der Waals surface area contributed by atoms with Crippen molar-refractivity contribution in [2.75, 3.05) is 16.3 Å². The van der Waals surface area contributed by atoms with Gasteiger partial charge < -0.3 is 4.90 Å². The molecule has 0 fully saturated rings. The van der Waals surface area contributed by atoms with Crippen LogP contribution in [-0.2, 0) is 16.0 Å². The zero-order chi connectivity index (χ0) is 20.8. The maximum atomic E-state index is 13.7. The summed E-state index contributed by atoms with van der Waals surface area (Å²) in [5.74, 6) is -0.573. The van der Waals surface area contributed by atoms with E-state index in [-0.39, 0.29) is 11.8 Å². The van der Waals surface area contributed by atoms with Gasteiger partial charge in [0.15, 0.2) is 0 Å². The number of fused-ring (bicyclic) bond motifs is 1. The van der Waals surface area contributed by atoms with Crippen LogP contribution in [-0.4, -0.2) is 18.4 Å². The molecule has 0 bridgehead atoms. The minimum absolute atomic E-state index is 0.286. The summed E-state index contributed by atoms with van der Waals surface area (Å²) >= 11 is 7.58. The van der Waals surface area contributed by atoms with E-state index in [0.717, 1.165) is 29.0 Å². The van der Waals surface area contributed by atoms with Gasteiger partial charge in [0, 0.05) is 22.1 Å². The van der Waals surface area contributed by atoms with Gasteiger partial charge in [-0.25, -0.2) is 4.90 Å². The zero-order valence-corrected chi connectivity index (χ0v) is 18.0. The standard InChI is InChI=1S/C24H19ClN2O2S/c1-15-14-17(25)10-11-18(15)27-23(28)21(20-9-5-13-30-20)22(24(27)29)26-12-4-7-16-6-2-3-8-19(16)26/h2-3,5-6,8-11,13-14H,4,7,12H2,1H3. The highest BCUT2D eigenvalue weighted by atomic mass is 35.5. The zero-order valence-electron chi connectivity index (χ0n) is 16.4. The lowest BCUT2D eigenvalue weighted by molar-refractivity contribution is -0.120. The van der Waals surface area contributed by atoms with Crippen molar-refractivity contribution in [2.24, 2.45) is 0 Å². The van der Waals surface area contributed by atoms with E-state index in [1.54, 1.807) is 18.2 Å². The molecule has 0 unspecified atom stereocenters. The fourth-order valence-electron chi connectivity index (χ4n) is 4.27. The second-order valence-corrected chi connectivity index (χ2v) is 8.85. The van der Waals surface area contributed by atoms with E-state index in [0.29, 0.717) is 28.5 Å². The van der Waals surface area contributed by atoms with Crippen molar-refractivity contribution in [3.63, 3.8) is 0 Å². The van der Waals surface area contributed by atoms with Crippen LogP contribution < -0.4 is 9.80 Å². The molecule has 0 atom stereocenters. The molecule has 0 aliphatic carbocycles. The Morgan fingerprint density at radius 3 is 2.57 bits per heavy atom. The molecule has 2 aromatic carbocycles. The summed E-state index contributed by atoms with van der Waals surface area (Å²) in [6, 6.07) is 17.2. The third-order valence-corrected chi connectivity index (χ3v) is 6.73. The molecule has 2 aliphatic heterocycles. The number of amides is 2. The van der Waals surface area contributed by atoms with E-state index < -0.39 is 0 Å². The summed E-state index contributed by atoms with van der Waals surface area (Å²) in [7, 11) is 0. The molecule has 0 saturated carbocycles. The Balaban J connectivity index is 1.69. The van der Waals surface area contributed by atoms with Gasteiger partial charge in [-0.2, -0.15) is 0 Å². The van der Waals surface area contributed by atoms with E-state index in [2.05, 4.69) is 6.07 Å². The number of carbonyl (C=O) groups excluding carboxylic acids is 2. The Morgan fingerprint density at radius 1 is 0.967 bits per heavy atom. The van der Waals surface area contributed by atoms with Gasteiger partial charge in [-0.1, -0.05) is 35.9 Å². The maximum absolute atomic E-state index is 13.7. The molecule has 5 rings (SSSR count). The van der Waals surface area contributed by atoms with Crippen molar-refractivity contribution in [3.05, 3.63) is 86.7 Å². The molecule has 0 radical (unpaired) electrons. The molecule has 2 aliphatic rings. The minimum atomic E-state index is -0.287. The Kier molecular flexibility index (Phi) is 4.72. The first-order chi connectivity index (χ1) is 14.6. The summed E-state index contributed by atoms with van der Waals surface area (Å²) in [6.07, 6.45) is 1.90. The molecule has 30 heavy (non-hydrogen) atoms. The van der Waals surface area contributed by atoms with Crippen LogP contribution in [0.1, 0.15) is 22.4 Å². The van der Waals surface area contributed by atoms with Gasteiger partial charge in [0.1, 0.15) is 5.70 Å². The minimum Gasteiger partial charge on any atom is -0.336 e. The first-order valence-electron chi connectivity index (χ1n) is 9.85. The molecule has 0 spiro atoms. The largest absolute Gasteiger partial charge is 0.336 e. The highest BCUT2D eigenvalue weighted by Gasteiger charge is 2.44. The van der Waals surface area contributed by atoms with Gasteiger partial charge >= 0.3 is 0 Å². The Labute approximate surface area is 184 Å². The van der Waals surface area contributed by atoms with Gasteiger partial charge in [-0.3, -0.25) is 9.59 Å². The predicted molar refractivity (Wildman–Crippen MR) is 122 cm³/mol. The second kappa shape index (κ2) is 7.42.